The predicted molar refractivity (Wildman–Crippen MR) is 114 cm³/mol. The van der Waals surface area contributed by atoms with Crippen LogP contribution in [0.25, 0.3) is 11.0 Å². The van der Waals surface area contributed by atoms with Gasteiger partial charge < -0.3 is 9.72 Å². The van der Waals surface area contributed by atoms with E-state index >= 15 is 0 Å². The Hall–Kier alpha value is -2.84. The largest absolute Gasteiger partial charge is 0.495 e. The number of imidazole rings is 1. The summed E-state index contributed by atoms with van der Waals surface area (Å²) in [7, 11) is 1.59. The zero-order valence-corrected chi connectivity index (χ0v) is 17.0. The number of aromatic amines is 1. The summed E-state index contributed by atoms with van der Waals surface area (Å²) < 4.78 is 5.41. The van der Waals surface area contributed by atoms with Gasteiger partial charge >= 0.3 is 0 Å². The number of fused-ring (bicyclic) bond motifs is 1. The molecule has 8 heteroatoms. The summed E-state index contributed by atoms with van der Waals surface area (Å²) in [4.78, 5) is 26.4. The van der Waals surface area contributed by atoms with Crippen LogP contribution < -0.4 is 9.64 Å². The number of H-pyrrole nitrogens is 1. The molecule has 28 heavy (non-hydrogen) atoms. The molecule has 2 aromatic carbocycles. The number of rotatable bonds is 6. The summed E-state index contributed by atoms with van der Waals surface area (Å²) in [6.45, 7) is 1.52. The Bertz CT molecular complexity index is 1090. The van der Waals surface area contributed by atoms with E-state index in [1.165, 1.54) is 18.3 Å². The van der Waals surface area contributed by atoms with Crippen LogP contribution in [0.2, 0.25) is 0 Å². The van der Waals surface area contributed by atoms with Gasteiger partial charge in [0.25, 0.3) is 0 Å². The zero-order chi connectivity index (χ0) is 19.5. The van der Waals surface area contributed by atoms with E-state index in [0.717, 1.165) is 21.9 Å². The first-order chi connectivity index (χ1) is 13.7. The van der Waals surface area contributed by atoms with Gasteiger partial charge in [-0.25, -0.2) is 9.97 Å². The molecule has 0 aliphatic rings. The Labute approximate surface area is 170 Å². The van der Waals surface area contributed by atoms with Crippen molar-refractivity contribution in [3.05, 3.63) is 59.6 Å². The third kappa shape index (κ3) is 3.74. The number of thiazole rings is 1. The molecule has 0 unspecified atom stereocenters. The minimum atomic E-state index is -0.115. The van der Waals surface area contributed by atoms with E-state index in [1.54, 1.807) is 23.8 Å². The van der Waals surface area contributed by atoms with E-state index in [0.29, 0.717) is 22.3 Å². The van der Waals surface area contributed by atoms with Crippen molar-refractivity contribution in [2.24, 2.45) is 0 Å². The molecule has 0 aliphatic carbocycles. The lowest BCUT2D eigenvalue weighted by Crippen LogP contribution is -2.23. The molecule has 2 heterocycles. The van der Waals surface area contributed by atoms with Crippen molar-refractivity contribution in [3.8, 4) is 5.75 Å². The van der Waals surface area contributed by atoms with Crippen LogP contribution in [0.1, 0.15) is 12.6 Å². The molecule has 6 nitrogen and oxygen atoms in total. The molecule has 0 atom stereocenters. The quantitative estimate of drug-likeness (QED) is 0.453. The molecule has 2 aromatic heterocycles. The highest BCUT2D eigenvalue weighted by atomic mass is 32.2. The molecule has 0 saturated carbocycles. The number of nitrogens with zero attached hydrogens (tertiary/aromatic N) is 3. The number of para-hydroxylation sites is 4. The second-order valence-corrected chi connectivity index (χ2v) is 7.80. The summed E-state index contributed by atoms with van der Waals surface area (Å²) in [5.41, 5.74) is 3.54. The molecule has 4 rings (SSSR count). The molecule has 1 amide bonds. The van der Waals surface area contributed by atoms with Gasteiger partial charge in [0.2, 0.25) is 5.91 Å². The van der Waals surface area contributed by atoms with Gasteiger partial charge in [-0.05, 0) is 24.3 Å². The van der Waals surface area contributed by atoms with Gasteiger partial charge in [-0.1, -0.05) is 36.0 Å². The number of carbonyl (C=O) groups excluding carboxylic acids is 1. The number of hydrogen-bond donors (Lipinski definition) is 1. The number of nitrogens with one attached hydrogen (secondary N) is 1. The van der Waals surface area contributed by atoms with Crippen LogP contribution in [0, 0.1) is 0 Å². The molecule has 0 spiro atoms. The van der Waals surface area contributed by atoms with Crippen LogP contribution in [0.5, 0.6) is 5.75 Å². The van der Waals surface area contributed by atoms with Gasteiger partial charge in [-0.3, -0.25) is 9.69 Å². The highest BCUT2D eigenvalue weighted by molar-refractivity contribution is 7.98. The number of aromatic nitrogens is 3. The second-order valence-electron chi connectivity index (χ2n) is 6.00. The maximum Gasteiger partial charge on any atom is 0.230 e. The van der Waals surface area contributed by atoms with E-state index < -0.39 is 0 Å². The Morgan fingerprint density at radius 3 is 2.75 bits per heavy atom. The minimum absolute atomic E-state index is 0.115. The van der Waals surface area contributed by atoms with Crippen molar-refractivity contribution in [2.45, 2.75) is 17.8 Å². The van der Waals surface area contributed by atoms with E-state index in [2.05, 4.69) is 15.0 Å². The molecule has 0 fully saturated rings. The first-order valence-corrected chi connectivity index (χ1v) is 10.5. The fourth-order valence-corrected chi connectivity index (χ4v) is 4.59. The fraction of sp³-hybridized carbons (Fsp3) is 0.150. The summed E-state index contributed by atoms with van der Waals surface area (Å²) in [5, 5.41) is 3.44. The van der Waals surface area contributed by atoms with Crippen molar-refractivity contribution in [1.82, 2.24) is 15.0 Å². The average molecular weight is 411 g/mol. The van der Waals surface area contributed by atoms with Crippen LogP contribution in [0.15, 0.2) is 59.1 Å². The Balaban J connectivity index is 1.54. The standard InChI is InChI=1S/C20H18N4O2S2/c1-13(25)24(17-9-5-6-10-18(17)26-2)20-21-14(12-28-20)11-27-19-22-15-7-3-4-8-16(15)23-19/h3-10,12H,11H2,1-2H3,(H,22,23). The van der Waals surface area contributed by atoms with E-state index in [1.807, 2.05) is 53.9 Å². The number of methoxy groups -OCH3 is 1. The van der Waals surface area contributed by atoms with Crippen molar-refractivity contribution in [1.29, 1.82) is 0 Å². The highest BCUT2D eigenvalue weighted by Crippen LogP contribution is 2.36. The van der Waals surface area contributed by atoms with Gasteiger partial charge in [0, 0.05) is 18.1 Å². The Kier molecular flexibility index (Phi) is 5.31. The second kappa shape index (κ2) is 8.04. The van der Waals surface area contributed by atoms with Crippen molar-refractivity contribution < 1.29 is 9.53 Å². The van der Waals surface area contributed by atoms with Gasteiger partial charge in [-0.2, -0.15) is 0 Å². The lowest BCUT2D eigenvalue weighted by Gasteiger charge is -2.20. The topological polar surface area (TPSA) is 71.1 Å². The Morgan fingerprint density at radius 2 is 1.96 bits per heavy atom. The lowest BCUT2D eigenvalue weighted by atomic mass is 10.2. The lowest BCUT2D eigenvalue weighted by molar-refractivity contribution is -0.115. The number of anilines is 2. The number of thioether (sulfide) groups is 1. The maximum atomic E-state index is 12.3. The third-order valence-electron chi connectivity index (χ3n) is 4.10. The first-order valence-electron chi connectivity index (χ1n) is 8.61. The van der Waals surface area contributed by atoms with Crippen LogP contribution in [-0.4, -0.2) is 28.0 Å². The summed E-state index contributed by atoms with van der Waals surface area (Å²) in [6, 6.07) is 15.4. The first kappa shape index (κ1) is 18.5. The van der Waals surface area contributed by atoms with Crippen LogP contribution in [0.4, 0.5) is 10.8 Å². The highest BCUT2D eigenvalue weighted by Gasteiger charge is 2.21. The van der Waals surface area contributed by atoms with E-state index in [-0.39, 0.29) is 5.91 Å². The predicted octanol–water partition coefficient (Wildman–Crippen LogP) is 5.00. The smallest absolute Gasteiger partial charge is 0.230 e. The third-order valence-corrected chi connectivity index (χ3v) is 5.88. The molecule has 0 radical (unpaired) electrons. The number of benzene rings is 2. The monoisotopic (exact) mass is 410 g/mol. The Morgan fingerprint density at radius 1 is 1.18 bits per heavy atom. The van der Waals surface area contributed by atoms with Crippen molar-refractivity contribution in [3.63, 3.8) is 0 Å². The molecular weight excluding hydrogens is 392 g/mol. The van der Waals surface area contributed by atoms with E-state index in [4.69, 9.17) is 4.74 Å². The van der Waals surface area contributed by atoms with Gasteiger partial charge in [0.1, 0.15) is 5.75 Å². The maximum absolute atomic E-state index is 12.3. The number of carbonyl (C=O) groups is 1. The number of ether oxygens (including phenoxy) is 1. The molecule has 4 aromatic rings. The van der Waals surface area contributed by atoms with Gasteiger partial charge in [-0.15, -0.1) is 11.3 Å². The summed E-state index contributed by atoms with van der Waals surface area (Å²) >= 11 is 3.02. The van der Waals surface area contributed by atoms with Crippen molar-refractivity contribution >= 4 is 50.9 Å². The van der Waals surface area contributed by atoms with Crippen LogP contribution in [0.3, 0.4) is 0 Å². The molecule has 0 bridgehead atoms. The molecule has 0 aliphatic heterocycles. The van der Waals surface area contributed by atoms with Crippen molar-refractivity contribution in [2.75, 3.05) is 12.0 Å². The van der Waals surface area contributed by atoms with Gasteiger partial charge in [0.15, 0.2) is 10.3 Å². The molecule has 0 saturated heterocycles. The summed E-state index contributed by atoms with van der Waals surface area (Å²) in [6.07, 6.45) is 0. The van der Waals surface area contributed by atoms with E-state index in [9.17, 15) is 4.79 Å². The normalized spacial score (nSPS) is 10.9. The molecular formula is C20H18N4O2S2. The molecule has 142 valence electrons. The zero-order valence-electron chi connectivity index (χ0n) is 15.4. The number of amides is 1. The van der Waals surface area contributed by atoms with Crippen LogP contribution >= 0.6 is 23.1 Å². The molecule has 1 N–H and O–H groups in total. The minimum Gasteiger partial charge on any atom is -0.495 e. The SMILES string of the molecule is COc1ccccc1N(C(C)=O)c1nc(CSc2nc3ccccc3[nH]2)cs1. The fourth-order valence-electron chi connectivity index (χ4n) is 2.83. The number of hydrogen-bond acceptors (Lipinski definition) is 6. The van der Waals surface area contributed by atoms with Crippen LogP contribution in [-0.2, 0) is 10.5 Å². The summed E-state index contributed by atoms with van der Waals surface area (Å²) in [5.74, 6) is 1.18. The van der Waals surface area contributed by atoms with Gasteiger partial charge in [0.05, 0.1) is 29.5 Å². The average Bonchev–Trinajstić information content (AvgIpc) is 3.33.